The average molecular weight is 261 g/mol. The molecule has 0 aromatic heterocycles. The van der Waals surface area contributed by atoms with E-state index in [9.17, 15) is 4.79 Å². The number of carbonyl (C=O) groups excluding carboxylic acids is 1. The summed E-state index contributed by atoms with van der Waals surface area (Å²) in [7, 11) is 0. The van der Waals surface area contributed by atoms with Crippen molar-refractivity contribution >= 4 is 27.3 Å². The molecule has 0 saturated heterocycles. The molecule has 0 aliphatic heterocycles. The molecule has 2 heteroatoms. The molecule has 3 rings (SSSR count). The number of halogens is 1. The molecule has 0 bridgehead atoms. The SMILES string of the molecule is O=C1C2=CCCC=C2c2cc(Br)ccc21. The summed E-state index contributed by atoms with van der Waals surface area (Å²) in [5, 5.41) is 0. The summed E-state index contributed by atoms with van der Waals surface area (Å²) in [6, 6.07) is 5.86. The number of fused-ring (bicyclic) bond motifs is 3. The van der Waals surface area contributed by atoms with E-state index in [1.54, 1.807) is 0 Å². The quantitative estimate of drug-likeness (QED) is 0.695. The molecule has 1 aromatic rings. The van der Waals surface area contributed by atoms with E-state index in [0.29, 0.717) is 0 Å². The van der Waals surface area contributed by atoms with Crippen LogP contribution in [0.25, 0.3) is 5.57 Å². The Morgan fingerprint density at radius 2 is 1.73 bits per heavy atom. The fourth-order valence-corrected chi connectivity index (χ4v) is 2.59. The fourth-order valence-electron chi connectivity index (χ4n) is 2.23. The van der Waals surface area contributed by atoms with Gasteiger partial charge in [-0.2, -0.15) is 0 Å². The topological polar surface area (TPSA) is 17.1 Å². The van der Waals surface area contributed by atoms with Gasteiger partial charge in [-0.15, -0.1) is 0 Å². The molecule has 1 aromatic carbocycles. The molecule has 2 aliphatic carbocycles. The Morgan fingerprint density at radius 3 is 2.53 bits per heavy atom. The largest absolute Gasteiger partial charge is 0.289 e. The first-order valence-corrected chi connectivity index (χ1v) is 5.82. The van der Waals surface area contributed by atoms with Gasteiger partial charge < -0.3 is 0 Å². The van der Waals surface area contributed by atoms with Crippen LogP contribution in [0.2, 0.25) is 0 Å². The second kappa shape index (κ2) is 3.17. The van der Waals surface area contributed by atoms with Crippen molar-refractivity contribution in [2.75, 3.05) is 0 Å². The molecule has 0 fully saturated rings. The van der Waals surface area contributed by atoms with Crippen LogP contribution >= 0.6 is 15.9 Å². The van der Waals surface area contributed by atoms with Gasteiger partial charge in [0.15, 0.2) is 5.78 Å². The number of carbonyl (C=O) groups is 1. The normalized spacial score (nSPS) is 18.1. The Bertz CT molecular complexity index is 523. The lowest BCUT2D eigenvalue weighted by atomic mass is 9.98. The van der Waals surface area contributed by atoms with Gasteiger partial charge >= 0.3 is 0 Å². The molecule has 0 radical (unpaired) electrons. The third-order valence-electron chi connectivity index (χ3n) is 2.91. The molecule has 2 aliphatic rings. The standard InChI is InChI=1S/C13H9BrO/c14-8-5-6-11-12(7-8)9-3-1-2-4-10(9)13(11)15/h3-7H,1-2H2. The number of hydrogen-bond acceptors (Lipinski definition) is 1. The minimum Gasteiger partial charge on any atom is -0.289 e. The predicted molar refractivity (Wildman–Crippen MR) is 63.8 cm³/mol. The minimum atomic E-state index is 0.184. The van der Waals surface area contributed by atoms with Gasteiger partial charge in [-0.25, -0.2) is 0 Å². The van der Waals surface area contributed by atoms with E-state index in [1.165, 1.54) is 0 Å². The van der Waals surface area contributed by atoms with E-state index in [0.717, 1.165) is 39.6 Å². The first kappa shape index (κ1) is 9.10. The predicted octanol–water partition coefficient (Wildman–Crippen LogP) is 3.75. The van der Waals surface area contributed by atoms with Crippen LogP contribution in [0.15, 0.2) is 40.4 Å². The van der Waals surface area contributed by atoms with Crippen LogP contribution in [0, 0.1) is 0 Å². The molecule has 0 spiro atoms. The summed E-state index contributed by atoms with van der Waals surface area (Å²) in [6.45, 7) is 0. The van der Waals surface area contributed by atoms with E-state index in [2.05, 4.69) is 28.1 Å². The van der Waals surface area contributed by atoms with E-state index in [1.807, 2.05) is 18.2 Å². The van der Waals surface area contributed by atoms with Gasteiger partial charge in [0.1, 0.15) is 0 Å². The zero-order valence-electron chi connectivity index (χ0n) is 8.09. The molecule has 1 nitrogen and oxygen atoms in total. The van der Waals surface area contributed by atoms with Crippen LogP contribution < -0.4 is 0 Å². The first-order chi connectivity index (χ1) is 7.27. The Morgan fingerprint density at radius 1 is 1.00 bits per heavy atom. The van der Waals surface area contributed by atoms with Crippen molar-refractivity contribution in [2.24, 2.45) is 0 Å². The molecule has 0 unspecified atom stereocenters. The summed E-state index contributed by atoms with van der Waals surface area (Å²) < 4.78 is 1.03. The molecule has 74 valence electrons. The van der Waals surface area contributed by atoms with E-state index in [-0.39, 0.29) is 5.78 Å². The van der Waals surface area contributed by atoms with Gasteiger partial charge in [-0.1, -0.05) is 28.1 Å². The smallest absolute Gasteiger partial charge is 0.193 e. The lowest BCUT2D eigenvalue weighted by Gasteiger charge is -2.06. The van der Waals surface area contributed by atoms with Gasteiger partial charge in [-0.05, 0) is 42.2 Å². The summed E-state index contributed by atoms with van der Waals surface area (Å²) >= 11 is 3.44. The number of rotatable bonds is 0. The van der Waals surface area contributed by atoms with Crippen molar-refractivity contribution in [2.45, 2.75) is 12.8 Å². The Hall–Kier alpha value is -1.15. The average Bonchev–Trinajstić information content (AvgIpc) is 2.54. The Labute approximate surface area is 96.6 Å². The van der Waals surface area contributed by atoms with Crippen molar-refractivity contribution in [3.8, 4) is 0 Å². The maximum atomic E-state index is 12.0. The number of hydrogen-bond donors (Lipinski definition) is 0. The highest BCUT2D eigenvalue weighted by Gasteiger charge is 2.30. The monoisotopic (exact) mass is 260 g/mol. The summed E-state index contributed by atoms with van der Waals surface area (Å²) in [5.41, 5.74) is 3.95. The van der Waals surface area contributed by atoms with E-state index in [4.69, 9.17) is 0 Å². The van der Waals surface area contributed by atoms with Gasteiger partial charge in [0.25, 0.3) is 0 Å². The Balaban J connectivity index is 2.30. The third-order valence-corrected chi connectivity index (χ3v) is 3.41. The highest BCUT2D eigenvalue weighted by Crippen LogP contribution is 2.40. The summed E-state index contributed by atoms with van der Waals surface area (Å²) in [5.74, 6) is 0.184. The van der Waals surface area contributed by atoms with Crippen LogP contribution in [-0.4, -0.2) is 5.78 Å². The molecular formula is C13H9BrO. The van der Waals surface area contributed by atoms with Gasteiger partial charge in [-0.3, -0.25) is 4.79 Å². The minimum absolute atomic E-state index is 0.184. The number of ketones is 1. The van der Waals surface area contributed by atoms with Crippen molar-refractivity contribution in [3.63, 3.8) is 0 Å². The molecule has 0 atom stereocenters. The maximum Gasteiger partial charge on any atom is 0.193 e. The Kier molecular flexibility index (Phi) is 1.93. The number of allylic oxidation sites excluding steroid dienone is 4. The second-order valence-electron chi connectivity index (χ2n) is 3.83. The van der Waals surface area contributed by atoms with E-state index < -0.39 is 0 Å². The van der Waals surface area contributed by atoms with Crippen molar-refractivity contribution in [1.82, 2.24) is 0 Å². The van der Waals surface area contributed by atoms with Gasteiger partial charge in [0.05, 0.1) is 0 Å². The zero-order chi connectivity index (χ0) is 10.4. The van der Waals surface area contributed by atoms with Crippen LogP contribution in [0.1, 0.15) is 28.8 Å². The van der Waals surface area contributed by atoms with E-state index >= 15 is 0 Å². The lowest BCUT2D eigenvalue weighted by molar-refractivity contribution is 0.104. The highest BCUT2D eigenvalue weighted by atomic mass is 79.9. The summed E-state index contributed by atoms with van der Waals surface area (Å²) in [6.07, 6.45) is 6.26. The second-order valence-corrected chi connectivity index (χ2v) is 4.75. The van der Waals surface area contributed by atoms with Crippen molar-refractivity contribution in [1.29, 1.82) is 0 Å². The highest BCUT2D eigenvalue weighted by molar-refractivity contribution is 9.10. The molecule has 15 heavy (non-hydrogen) atoms. The maximum absolute atomic E-state index is 12.0. The summed E-state index contributed by atoms with van der Waals surface area (Å²) in [4.78, 5) is 12.0. The van der Waals surface area contributed by atoms with Crippen LogP contribution in [0.3, 0.4) is 0 Å². The fraction of sp³-hybridized carbons (Fsp3) is 0.154. The number of Topliss-reactive ketones (excluding diaryl/α,β-unsaturated/α-hetero) is 1. The third kappa shape index (κ3) is 1.25. The van der Waals surface area contributed by atoms with Crippen LogP contribution in [0.4, 0.5) is 0 Å². The van der Waals surface area contributed by atoms with Crippen LogP contribution in [-0.2, 0) is 0 Å². The molecule has 0 N–H and O–H groups in total. The van der Waals surface area contributed by atoms with Crippen LogP contribution in [0.5, 0.6) is 0 Å². The molecular weight excluding hydrogens is 252 g/mol. The number of benzene rings is 1. The van der Waals surface area contributed by atoms with Crippen molar-refractivity contribution in [3.05, 3.63) is 51.5 Å². The lowest BCUT2D eigenvalue weighted by Crippen LogP contribution is -1.96. The zero-order valence-corrected chi connectivity index (χ0v) is 9.67. The molecule has 0 heterocycles. The first-order valence-electron chi connectivity index (χ1n) is 5.02. The van der Waals surface area contributed by atoms with Gasteiger partial charge in [0.2, 0.25) is 0 Å². The molecule has 0 amide bonds. The molecule has 0 saturated carbocycles. The van der Waals surface area contributed by atoms with Crippen molar-refractivity contribution < 1.29 is 4.79 Å². The van der Waals surface area contributed by atoms with Gasteiger partial charge in [0, 0.05) is 15.6 Å².